The Hall–Kier alpha value is -4.23. The van der Waals surface area contributed by atoms with Crippen LogP contribution in [0.4, 0.5) is 5.95 Å². The Balaban J connectivity index is 1.54. The summed E-state index contributed by atoms with van der Waals surface area (Å²) in [5, 5.41) is 1.75. The number of amides is 1. The van der Waals surface area contributed by atoms with Gasteiger partial charge >= 0.3 is 0 Å². The molecule has 168 valence electrons. The van der Waals surface area contributed by atoms with Crippen molar-refractivity contribution in [3.05, 3.63) is 99.8 Å². The van der Waals surface area contributed by atoms with Crippen molar-refractivity contribution in [2.45, 2.75) is 13.5 Å². The first-order chi connectivity index (χ1) is 16.6. The van der Waals surface area contributed by atoms with E-state index in [0.29, 0.717) is 44.6 Å². The highest BCUT2D eigenvalue weighted by Crippen LogP contribution is 2.29. The summed E-state index contributed by atoms with van der Waals surface area (Å²) in [6, 6.07) is 23.6. The first kappa shape index (κ1) is 21.6. The van der Waals surface area contributed by atoms with Crippen LogP contribution in [0.25, 0.3) is 33.1 Å². The van der Waals surface area contributed by atoms with Gasteiger partial charge in [-0.2, -0.15) is 0 Å². The van der Waals surface area contributed by atoms with Crippen molar-refractivity contribution in [1.82, 2.24) is 20.0 Å². The Morgan fingerprint density at radius 3 is 2.29 bits per heavy atom. The van der Waals surface area contributed by atoms with Crippen LogP contribution in [0.1, 0.15) is 17.3 Å². The molecule has 7 nitrogen and oxygen atoms in total. The second kappa shape index (κ2) is 8.96. The van der Waals surface area contributed by atoms with Crippen LogP contribution in [0.15, 0.2) is 83.7 Å². The molecule has 0 spiro atoms. The second-order valence-corrected chi connectivity index (χ2v) is 8.04. The Bertz CT molecular complexity index is 1610. The summed E-state index contributed by atoms with van der Waals surface area (Å²) in [5.74, 6) is -0.138. The average Bonchev–Trinajstić information content (AvgIpc) is 2.87. The van der Waals surface area contributed by atoms with Crippen molar-refractivity contribution in [3.63, 3.8) is 0 Å². The van der Waals surface area contributed by atoms with Crippen LogP contribution in [0.3, 0.4) is 0 Å². The molecule has 0 aliphatic rings. The van der Waals surface area contributed by atoms with Gasteiger partial charge in [0, 0.05) is 22.5 Å². The van der Waals surface area contributed by atoms with Crippen LogP contribution in [-0.4, -0.2) is 20.4 Å². The minimum Gasteiger partial charge on any atom is -0.277 e. The maximum Gasteiger partial charge on any atom is 0.270 e. The molecule has 0 saturated carbocycles. The number of aromatic nitrogens is 3. The van der Waals surface area contributed by atoms with Gasteiger partial charge in [-0.3, -0.25) is 25.0 Å². The standard InChI is InChI=1S/C26H20ClN5O2/c1-2-32-25(34)18-11-5-8-14-22(18)29-26(32)31-30-24(33)19-15-23(17-10-3-6-12-20(17)27)28-21-13-7-4-9-16(19)21/h3-15H,2H2,1H3,(H,29,31)(H,30,33). The lowest BCUT2D eigenvalue weighted by Gasteiger charge is -2.15. The molecule has 8 heteroatoms. The molecule has 0 fully saturated rings. The van der Waals surface area contributed by atoms with E-state index in [0.717, 1.165) is 5.56 Å². The Morgan fingerprint density at radius 1 is 0.912 bits per heavy atom. The topological polar surface area (TPSA) is 88.9 Å². The molecule has 1 amide bonds. The molecule has 0 atom stereocenters. The van der Waals surface area contributed by atoms with Gasteiger partial charge in [0.25, 0.3) is 11.5 Å². The van der Waals surface area contributed by atoms with Crippen LogP contribution >= 0.6 is 11.6 Å². The van der Waals surface area contributed by atoms with Crippen LogP contribution in [0, 0.1) is 0 Å². The molecular weight excluding hydrogens is 450 g/mol. The smallest absolute Gasteiger partial charge is 0.270 e. The molecule has 2 heterocycles. The van der Waals surface area contributed by atoms with Crippen molar-refractivity contribution >= 4 is 45.3 Å². The van der Waals surface area contributed by atoms with Gasteiger partial charge in [-0.1, -0.05) is 60.1 Å². The molecule has 0 saturated heterocycles. The molecule has 2 N–H and O–H groups in total. The zero-order chi connectivity index (χ0) is 23.7. The highest BCUT2D eigenvalue weighted by molar-refractivity contribution is 6.33. The molecule has 0 unspecified atom stereocenters. The minimum atomic E-state index is -0.392. The van der Waals surface area contributed by atoms with Crippen molar-refractivity contribution in [2.24, 2.45) is 0 Å². The third-order valence-electron chi connectivity index (χ3n) is 5.58. The highest BCUT2D eigenvalue weighted by atomic mass is 35.5. The number of anilines is 1. The normalized spacial score (nSPS) is 11.0. The minimum absolute atomic E-state index is 0.180. The van der Waals surface area contributed by atoms with Crippen LogP contribution in [0.2, 0.25) is 5.02 Å². The lowest BCUT2D eigenvalue weighted by atomic mass is 10.0. The van der Waals surface area contributed by atoms with E-state index in [2.05, 4.69) is 15.8 Å². The number of nitrogens with zero attached hydrogens (tertiary/aromatic N) is 3. The zero-order valence-electron chi connectivity index (χ0n) is 18.2. The predicted octanol–water partition coefficient (Wildman–Crippen LogP) is 5.04. The number of carbonyl (C=O) groups is 1. The number of halogens is 1. The van der Waals surface area contributed by atoms with Crippen molar-refractivity contribution in [2.75, 3.05) is 5.43 Å². The van der Waals surface area contributed by atoms with E-state index in [4.69, 9.17) is 16.6 Å². The van der Waals surface area contributed by atoms with Gasteiger partial charge < -0.3 is 0 Å². The average molecular weight is 470 g/mol. The molecule has 0 bridgehead atoms. The van der Waals surface area contributed by atoms with E-state index in [1.165, 1.54) is 4.57 Å². The molecule has 0 aliphatic heterocycles. The van der Waals surface area contributed by atoms with Gasteiger partial charge in [-0.05, 0) is 37.3 Å². The SMILES string of the molecule is CCn1c(NNC(=O)c2cc(-c3ccccc3Cl)nc3ccccc23)nc2ccccc2c1=O. The first-order valence-corrected chi connectivity index (χ1v) is 11.1. The van der Waals surface area contributed by atoms with Crippen molar-refractivity contribution in [1.29, 1.82) is 0 Å². The molecule has 5 rings (SSSR count). The number of pyridine rings is 1. The number of hydrogen-bond acceptors (Lipinski definition) is 5. The summed E-state index contributed by atoms with van der Waals surface area (Å²) in [7, 11) is 0. The molecule has 0 aliphatic carbocycles. The number of fused-ring (bicyclic) bond motifs is 2. The summed E-state index contributed by atoms with van der Waals surface area (Å²) < 4.78 is 1.47. The van der Waals surface area contributed by atoms with Crippen LogP contribution in [0.5, 0.6) is 0 Å². The molecular formula is C26H20ClN5O2. The lowest BCUT2D eigenvalue weighted by molar-refractivity contribution is 0.0963. The summed E-state index contributed by atoms with van der Waals surface area (Å²) in [6.45, 7) is 2.24. The number of hydrogen-bond donors (Lipinski definition) is 2. The summed E-state index contributed by atoms with van der Waals surface area (Å²) in [5.41, 5.74) is 8.30. The lowest BCUT2D eigenvalue weighted by Crippen LogP contribution is -2.34. The molecule has 0 radical (unpaired) electrons. The van der Waals surface area contributed by atoms with Gasteiger partial charge in [-0.25, -0.2) is 9.97 Å². The number of nitrogens with one attached hydrogen (secondary N) is 2. The maximum atomic E-state index is 13.3. The Labute approximate surface area is 200 Å². The fourth-order valence-electron chi connectivity index (χ4n) is 3.91. The number of benzene rings is 3. The zero-order valence-corrected chi connectivity index (χ0v) is 19.0. The van der Waals surface area contributed by atoms with E-state index in [9.17, 15) is 9.59 Å². The summed E-state index contributed by atoms with van der Waals surface area (Å²) in [6.07, 6.45) is 0. The van der Waals surface area contributed by atoms with Gasteiger partial charge in [0.1, 0.15) is 0 Å². The van der Waals surface area contributed by atoms with Gasteiger partial charge in [-0.15, -0.1) is 0 Å². The second-order valence-electron chi connectivity index (χ2n) is 7.63. The number of para-hydroxylation sites is 2. The van der Waals surface area contributed by atoms with Gasteiger partial charge in [0.2, 0.25) is 5.95 Å². The third-order valence-corrected chi connectivity index (χ3v) is 5.91. The monoisotopic (exact) mass is 469 g/mol. The molecule has 3 aromatic carbocycles. The number of carbonyl (C=O) groups excluding carboxylic acids is 1. The molecule has 2 aromatic heterocycles. The van der Waals surface area contributed by atoms with E-state index in [1.54, 1.807) is 30.3 Å². The van der Waals surface area contributed by atoms with E-state index < -0.39 is 5.91 Å². The largest absolute Gasteiger partial charge is 0.277 e. The molecule has 5 aromatic rings. The fourth-order valence-corrected chi connectivity index (χ4v) is 4.14. The Kier molecular flexibility index (Phi) is 5.69. The quantitative estimate of drug-likeness (QED) is 0.352. The Morgan fingerprint density at radius 2 is 1.56 bits per heavy atom. The van der Waals surface area contributed by atoms with Crippen molar-refractivity contribution in [3.8, 4) is 11.3 Å². The fraction of sp³-hybridized carbons (Fsp3) is 0.0769. The summed E-state index contributed by atoms with van der Waals surface area (Å²) >= 11 is 6.39. The first-order valence-electron chi connectivity index (χ1n) is 10.8. The predicted molar refractivity (Wildman–Crippen MR) is 135 cm³/mol. The van der Waals surface area contributed by atoms with E-state index in [1.807, 2.05) is 55.5 Å². The molecule has 34 heavy (non-hydrogen) atoms. The third kappa shape index (κ3) is 3.86. The van der Waals surface area contributed by atoms with E-state index >= 15 is 0 Å². The highest BCUT2D eigenvalue weighted by Gasteiger charge is 2.16. The van der Waals surface area contributed by atoms with Crippen molar-refractivity contribution < 1.29 is 4.79 Å². The van der Waals surface area contributed by atoms with Gasteiger partial charge in [0.15, 0.2) is 0 Å². The summed E-state index contributed by atoms with van der Waals surface area (Å²) in [4.78, 5) is 35.4. The number of rotatable bonds is 5. The number of hydrazine groups is 1. The van der Waals surface area contributed by atoms with Crippen LogP contribution in [-0.2, 0) is 6.54 Å². The van der Waals surface area contributed by atoms with Crippen LogP contribution < -0.4 is 16.4 Å². The van der Waals surface area contributed by atoms with E-state index in [-0.39, 0.29) is 11.5 Å². The van der Waals surface area contributed by atoms with Gasteiger partial charge in [0.05, 0.1) is 27.7 Å². The maximum absolute atomic E-state index is 13.3.